The predicted molar refractivity (Wildman–Crippen MR) is 94.2 cm³/mol. The Labute approximate surface area is 140 Å². The van der Waals surface area contributed by atoms with Crippen LogP contribution in [0.25, 0.3) is 15.9 Å². The molecule has 2 aromatic heterocycles. The van der Waals surface area contributed by atoms with Crippen LogP contribution in [-0.4, -0.2) is 9.55 Å². The molecule has 0 fully saturated rings. The molecule has 0 amide bonds. The molecule has 1 aromatic carbocycles. The number of hydrogen-bond acceptors (Lipinski definition) is 3. The molecule has 112 valence electrons. The second kappa shape index (κ2) is 5.63. The first-order chi connectivity index (χ1) is 10.7. The van der Waals surface area contributed by atoms with E-state index in [2.05, 4.69) is 20.9 Å². The van der Waals surface area contributed by atoms with Crippen molar-refractivity contribution in [2.24, 2.45) is 0 Å². The zero-order chi connectivity index (χ0) is 15.1. The van der Waals surface area contributed by atoms with Crippen molar-refractivity contribution in [2.45, 2.75) is 32.1 Å². The molecule has 22 heavy (non-hydrogen) atoms. The quantitative estimate of drug-likeness (QED) is 0.588. The second-order valence-corrected chi connectivity index (χ2v) is 7.64. The number of fused-ring (bicyclic) bond motifs is 3. The molecule has 0 saturated carbocycles. The van der Waals surface area contributed by atoms with E-state index in [1.54, 1.807) is 22.2 Å². The van der Waals surface area contributed by atoms with Crippen molar-refractivity contribution in [1.29, 1.82) is 0 Å². The zero-order valence-corrected chi connectivity index (χ0v) is 14.4. The van der Waals surface area contributed by atoms with Crippen LogP contribution in [0.1, 0.15) is 29.7 Å². The molecule has 0 unspecified atom stereocenters. The molecule has 0 aliphatic heterocycles. The van der Waals surface area contributed by atoms with Gasteiger partial charge in [-0.05, 0) is 55.5 Å². The van der Waals surface area contributed by atoms with Crippen LogP contribution in [0, 0.1) is 0 Å². The first-order valence-corrected chi connectivity index (χ1v) is 9.13. The summed E-state index contributed by atoms with van der Waals surface area (Å²) in [5, 5.41) is 0.840. The first kappa shape index (κ1) is 14.2. The molecule has 5 heteroatoms. The lowest BCUT2D eigenvalue weighted by Crippen LogP contribution is -2.19. The summed E-state index contributed by atoms with van der Waals surface area (Å²) in [6, 6.07) is 7.76. The maximum absolute atomic E-state index is 13.0. The number of rotatable bonds is 1. The summed E-state index contributed by atoms with van der Waals surface area (Å²) in [4.78, 5) is 19.8. The van der Waals surface area contributed by atoms with Crippen LogP contribution in [-0.2, 0) is 12.8 Å². The molecule has 2 heterocycles. The van der Waals surface area contributed by atoms with Gasteiger partial charge in [0.15, 0.2) is 0 Å². The smallest absolute Gasteiger partial charge is 0.266 e. The van der Waals surface area contributed by atoms with Crippen LogP contribution in [0.3, 0.4) is 0 Å². The lowest BCUT2D eigenvalue weighted by atomic mass is 10.1. The minimum absolute atomic E-state index is 0.0618. The molecule has 0 bridgehead atoms. The Kier molecular flexibility index (Phi) is 3.62. The van der Waals surface area contributed by atoms with Gasteiger partial charge in [-0.2, -0.15) is 0 Å². The fraction of sp³-hybridized carbons (Fsp3) is 0.294. The van der Waals surface area contributed by atoms with Crippen molar-refractivity contribution < 1.29 is 0 Å². The Morgan fingerprint density at radius 2 is 1.86 bits per heavy atom. The van der Waals surface area contributed by atoms with E-state index in [-0.39, 0.29) is 5.56 Å². The third kappa shape index (κ3) is 2.32. The molecule has 0 spiro atoms. The van der Waals surface area contributed by atoms with E-state index in [1.807, 2.05) is 24.3 Å². The normalized spacial score (nSPS) is 14.8. The summed E-state index contributed by atoms with van der Waals surface area (Å²) in [7, 11) is 0. The van der Waals surface area contributed by atoms with Crippen molar-refractivity contribution >= 4 is 37.5 Å². The highest BCUT2D eigenvalue weighted by atomic mass is 79.9. The third-order valence-corrected chi connectivity index (χ3v) is 5.96. The molecule has 0 atom stereocenters. The number of aryl methyl sites for hydroxylation is 2. The second-order valence-electron chi connectivity index (χ2n) is 5.64. The van der Waals surface area contributed by atoms with Gasteiger partial charge < -0.3 is 0 Å². The standard InChI is InChI=1S/C17H15BrN2OS/c18-11-6-8-12(9-7-11)20-10-19-16-15(17(20)21)13-4-2-1-3-5-14(13)22-16/h6-10H,1-5H2. The van der Waals surface area contributed by atoms with Gasteiger partial charge in [-0.25, -0.2) is 4.98 Å². The van der Waals surface area contributed by atoms with Gasteiger partial charge in [-0.3, -0.25) is 9.36 Å². The largest absolute Gasteiger partial charge is 0.268 e. The first-order valence-electron chi connectivity index (χ1n) is 7.52. The van der Waals surface area contributed by atoms with E-state index in [1.165, 1.54) is 29.7 Å². The summed E-state index contributed by atoms with van der Waals surface area (Å²) in [6.45, 7) is 0. The average molecular weight is 375 g/mol. The van der Waals surface area contributed by atoms with Gasteiger partial charge >= 0.3 is 0 Å². The SMILES string of the molecule is O=c1c2c3c(sc2ncn1-c1ccc(Br)cc1)CCCCC3. The summed E-state index contributed by atoms with van der Waals surface area (Å²) in [5.74, 6) is 0. The van der Waals surface area contributed by atoms with E-state index in [0.717, 1.165) is 33.2 Å². The zero-order valence-electron chi connectivity index (χ0n) is 12.0. The van der Waals surface area contributed by atoms with Gasteiger partial charge in [0.1, 0.15) is 11.2 Å². The van der Waals surface area contributed by atoms with Crippen LogP contribution >= 0.6 is 27.3 Å². The molecule has 0 saturated heterocycles. The van der Waals surface area contributed by atoms with Crippen LogP contribution in [0.2, 0.25) is 0 Å². The third-order valence-electron chi connectivity index (χ3n) is 4.23. The summed E-state index contributed by atoms with van der Waals surface area (Å²) < 4.78 is 2.66. The molecule has 0 N–H and O–H groups in total. The minimum atomic E-state index is 0.0618. The Hall–Kier alpha value is -1.46. The number of hydrogen-bond donors (Lipinski definition) is 0. The van der Waals surface area contributed by atoms with Crippen molar-refractivity contribution in [2.75, 3.05) is 0 Å². The molecule has 4 rings (SSSR count). The van der Waals surface area contributed by atoms with Crippen molar-refractivity contribution in [1.82, 2.24) is 9.55 Å². The van der Waals surface area contributed by atoms with Crippen molar-refractivity contribution in [3.8, 4) is 5.69 Å². The average Bonchev–Trinajstić information content (AvgIpc) is 2.72. The Balaban J connectivity index is 1.95. The number of thiophene rings is 1. The summed E-state index contributed by atoms with van der Waals surface area (Å²) >= 11 is 5.13. The number of halogens is 1. The fourth-order valence-electron chi connectivity index (χ4n) is 3.11. The van der Waals surface area contributed by atoms with Crippen LogP contribution in [0.5, 0.6) is 0 Å². The number of aromatic nitrogens is 2. The lowest BCUT2D eigenvalue weighted by molar-refractivity contribution is 0.713. The van der Waals surface area contributed by atoms with E-state index in [4.69, 9.17) is 0 Å². The highest BCUT2D eigenvalue weighted by Crippen LogP contribution is 2.32. The van der Waals surface area contributed by atoms with Gasteiger partial charge in [0.05, 0.1) is 11.1 Å². The van der Waals surface area contributed by atoms with E-state index in [9.17, 15) is 4.79 Å². The Morgan fingerprint density at radius 1 is 1.09 bits per heavy atom. The molecular formula is C17H15BrN2OS. The van der Waals surface area contributed by atoms with Crippen LogP contribution < -0.4 is 5.56 Å². The molecule has 3 nitrogen and oxygen atoms in total. The van der Waals surface area contributed by atoms with Crippen molar-refractivity contribution in [3.63, 3.8) is 0 Å². The van der Waals surface area contributed by atoms with E-state index < -0.39 is 0 Å². The van der Waals surface area contributed by atoms with E-state index in [0.29, 0.717) is 0 Å². The number of benzene rings is 1. The van der Waals surface area contributed by atoms with Crippen molar-refractivity contribution in [3.05, 3.63) is 55.9 Å². The van der Waals surface area contributed by atoms with E-state index >= 15 is 0 Å². The predicted octanol–water partition coefficient (Wildman–Crippen LogP) is 4.48. The molecule has 1 aliphatic rings. The van der Waals surface area contributed by atoms with Crippen LogP contribution in [0.4, 0.5) is 0 Å². The van der Waals surface area contributed by atoms with Gasteiger partial charge in [0, 0.05) is 9.35 Å². The minimum Gasteiger partial charge on any atom is -0.268 e. The van der Waals surface area contributed by atoms with Gasteiger partial charge in [-0.15, -0.1) is 11.3 Å². The highest BCUT2D eigenvalue weighted by molar-refractivity contribution is 9.10. The summed E-state index contributed by atoms with van der Waals surface area (Å²) in [6.07, 6.45) is 7.41. The Morgan fingerprint density at radius 3 is 2.68 bits per heavy atom. The molecule has 3 aromatic rings. The van der Waals surface area contributed by atoms with Gasteiger partial charge in [0.2, 0.25) is 0 Å². The fourth-order valence-corrected chi connectivity index (χ4v) is 4.59. The molecule has 1 aliphatic carbocycles. The highest BCUT2D eigenvalue weighted by Gasteiger charge is 2.19. The maximum atomic E-state index is 13.0. The van der Waals surface area contributed by atoms with Gasteiger partial charge in [0.25, 0.3) is 5.56 Å². The molecular weight excluding hydrogens is 360 g/mol. The topological polar surface area (TPSA) is 34.9 Å². The lowest BCUT2D eigenvalue weighted by Gasteiger charge is -2.06. The summed E-state index contributed by atoms with van der Waals surface area (Å²) in [5.41, 5.74) is 2.17. The Bertz CT molecular complexity index is 895. The number of nitrogens with zero attached hydrogens (tertiary/aromatic N) is 2. The maximum Gasteiger partial charge on any atom is 0.266 e. The monoisotopic (exact) mass is 374 g/mol. The van der Waals surface area contributed by atoms with Gasteiger partial charge in [-0.1, -0.05) is 22.4 Å². The molecule has 0 radical (unpaired) electrons. The van der Waals surface area contributed by atoms with Crippen LogP contribution in [0.15, 0.2) is 39.9 Å².